The summed E-state index contributed by atoms with van der Waals surface area (Å²) in [5.74, 6) is -1.56. The molecule has 0 radical (unpaired) electrons. The van der Waals surface area contributed by atoms with Crippen LogP contribution < -0.4 is 5.73 Å². The first-order valence-electron chi connectivity index (χ1n) is 11.8. The van der Waals surface area contributed by atoms with Crippen LogP contribution in [-0.2, 0) is 42.7 Å². The van der Waals surface area contributed by atoms with E-state index in [1.165, 1.54) is 0 Å². The zero-order valence-electron chi connectivity index (χ0n) is 20.4. The van der Waals surface area contributed by atoms with Crippen LogP contribution in [0.4, 0.5) is 0 Å². The van der Waals surface area contributed by atoms with E-state index in [2.05, 4.69) is 0 Å². The van der Waals surface area contributed by atoms with Crippen molar-refractivity contribution in [3.05, 3.63) is 35.9 Å². The molecule has 0 aliphatic carbocycles. The lowest BCUT2D eigenvalue weighted by molar-refractivity contribution is -0.139. The van der Waals surface area contributed by atoms with Crippen LogP contribution in [0.15, 0.2) is 30.3 Å². The van der Waals surface area contributed by atoms with Gasteiger partial charge in [-0.1, -0.05) is 30.3 Å². The number of benzene rings is 1. The molecule has 1 aromatic rings. The molecule has 0 saturated carbocycles. The smallest absolute Gasteiger partial charge is 0.379 e. The minimum absolute atomic E-state index is 0.00435. The van der Waals surface area contributed by atoms with Gasteiger partial charge in [0.15, 0.2) is 0 Å². The van der Waals surface area contributed by atoms with Crippen LogP contribution >= 0.6 is 0 Å². The number of ether oxygens (including phenoxy) is 8. The van der Waals surface area contributed by atoms with Gasteiger partial charge in [0, 0.05) is 12.1 Å². The maximum Gasteiger partial charge on any atom is 0.379 e. The van der Waals surface area contributed by atoms with E-state index in [9.17, 15) is 9.59 Å². The minimum atomic E-state index is -0.893. The van der Waals surface area contributed by atoms with E-state index in [0.29, 0.717) is 98.0 Å². The van der Waals surface area contributed by atoms with Crippen LogP contribution in [0.3, 0.4) is 0 Å². The monoisotopic (exact) mass is 501 g/mol. The van der Waals surface area contributed by atoms with Gasteiger partial charge in [-0.3, -0.25) is 4.79 Å². The van der Waals surface area contributed by atoms with Gasteiger partial charge in [-0.2, -0.15) is 0 Å². The molecule has 1 aromatic carbocycles. The summed E-state index contributed by atoms with van der Waals surface area (Å²) in [6, 6.07) is 8.26. The number of rotatable bonds is 25. The number of nitrogens with two attached hydrogens (primary N) is 1. The van der Waals surface area contributed by atoms with Crippen LogP contribution in [0.5, 0.6) is 0 Å². The van der Waals surface area contributed by atoms with Gasteiger partial charge >= 0.3 is 5.97 Å². The van der Waals surface area contributed by atoms with E-state index in [1.54, 1.807) is 30.3 Å². The molecule has 0 bridgehead atoms. The molecule has 0 amide bonds. The molecule has 0 fully saturated rings. The molecule has 1 rings (SSSR count). The molecule has 0 aliphatic rings. The molecule has 0 spiro atoms. The first-order valence-corrected chi connectivity index (χ1v) is 11.8. The van der Waals surface area contributed by atoms with Gasteiger partial charge in [0.25, 0.3) is 5.78 Å². The van der Waals surface area contributed by atoms with Crippen molar-refractivity contribution in [2.24, 2.45) is 5.73 Å². The fourth-order valence-electron chi connectivity index (χ4n) is 2.47. The van der Waals surface area contributed by atoms with Gasteiger partial charge < -0.3 is 43.6 Å². The minimum Gasteiger partial charge on any atom is -0.457 e. The molecular weight excluding hydrogens is 462 g/mol. The van der Waals surface area contributed by atoms with E-state index in [4.69, 9.17) is 43.6 Å². The predicted molar refractivity (Wildman–Crippen MR) is 127 cm³/mol. The molecule has 11 nitrogen and oxygen atoms in total. The summed E-state index contributed by atoms with van der Waals surface area (Å²) in [5.41, 5.74) is 5.61. The van der Waals surface area contributed by atoms with Crippen LogP contribution in [0.25, 0.3) is 0 Å². The Morgan fingerprint density at radius 3 is 1.23 bits per heavy atom. The average Bonchev–Trinajstić information content (AvgIpc) is 2.89. The Morgan fingerprint density at radius 2 is 0.857 bits per heavy atom. The number of ketones is 1. The average molecular weight is 502 g/mol. The Morgan fingerprint density at radius 1 is 0.514 bits per heavy atom. The van der Waals surface area contributed by atoms with Crippen molar-refractivity contribution in [2.45, 2.75) is 0 Å². The zero-order chi connectivity index (χ0) is 25.2. The SMILES string of the molecule is NCCOCCOCCOCCOCCOCCOCCOCCOC(=O)C(=O)c1ccccc1. The highest BCUT2D eigenvalue weighted by molar-refractivity contribution is 6.40. The quantitative estimate of drug-likeness (QED) is 0.0868. The third kappa shape index (κ3) is 19.0. The normalized spacial score (nSPS) is 11.0. The summed E-state index contributed by atoms with van der Waals surface area (Å²) in [7, 11) is 0. The number of esters is 1. The molecular formula is C24H39NO10. The molecule has 11 heteroatoms. The Hall–Kier alpha value is -1.96. The van der Waals surface area contributed by atoms with Gasteiger partial charge in [0.1, 0.15) is 6.61 Å². The lowest BCUT2D eigenvalue weighted by Crippen LogP contribution is -2.20. The van der Waals surface area contributed by atoms with E-state index in [0.717, 1.165) is 0 Å². The Kier molecular flexibility index (Phi) is 21.1. The summed E-state index contributed by atoms with van der Waals surface area (Å²) in [5, 5.41) is 0. The van der Waals surface area contributed by atoms with Crippen molar-refractivity contribution in [3.63, 3.8) is 0 Å². The topological polar surface area (TPSA) is 134 Å². The van der Waals surface area contributed by atoms with Crippen LogP contribution in [-0.4, -0.2) is 117 Å². The standard InChI is InChI=1S/C24H39NO10/c25-6-7-28-8-9-29-10-11-30-12-13-31-14-15-32-16-17-33-18-19-34-20-21-35-24(27)23(26)22-4-2-1-3-5-22/h1-5H,6-21,25H2. The van der Waals surface area contributed by atoms with Gasteiger partial charge in [0.2, 0.25) is 0 Å². The molecule has 0 atom stereocenters. The van der Waals surface area contributed by atoms with Crippen molar-refractivity contribution in [3.8, 4) is 0 Å². The fourth-order valence-corrected chi connectivity index (χ4v) is 2.47. The highest BCUT2D eigenvalue weighted by Crippen LogP contribution is 2.01. The largest absolute Gasteiger partial charge is 0.457 e. The molecule has 0 aliphatic heterocycles. The molecule has 2 N–H and O–H groups in total. The van der Waals surface area contributed by atoms with Crippen LogP contribution in [0.2, 0.25) is 0 Å². The Balaban J connectivity index is 1.73. The van der Waals surface area contributed by atoms with Crippen LogP contribution in [0.1, 0.15) is 10.4 Å². The van der Waals surface area contributed by atoms with E-state index in [-0.39, 0.29) is 13.2 Å². The highest BCUT2D eigenvalue weighted by Gasteiger charge is 2.16. The number of carbonyl (C=O) groups excluding carboxylic acids is 2. The molecule has 0 saturated heterocycles. The fraction of sp³-hybridized carbons (Fsp3) is 0.667. The van der Waals surface area contributed by atoms with E-state index < -0.39 is 11.8 Å². The van der Waals surface area contributed by atoms with Gasteiger partial charge in [-0.05, 0) is 0 Å². The van der Waals surface area contributed by atoms with Gasteiger partial charge in [-0.15, -0.1) is 0 Å². The zero-order valence-corrected chi connectivity index (χ0v) is 20.4. The summed E-state index contributed by atoms with van der Waals surface area (Å²) >= 11 is 0. The van der Waals surface area contributed by atoms with Crippen molar-refractivity contribution >= 4 is 11.8 Å². The first-order chi connectivity index (χ1) is 17.3. The molecule has 0 unspecified atom stereocenters. The lowest BCUT2D eigenvalue weighted by atomic mass is 10.1. The number of hydrogen-bond acceptors (Lipinski definition) is 11. The van der Waals surface area contributed by atoms with Crippen molar-refractivity contribution in [1.82, 2.24) is 0 Å². The van der Waals surface area contributed by atoms with Crippen molar-refractivity contribution in [2.75, 3.05) is 106 Å². The highest BCUT2D eigenvalue weighted by atomic mass is 16.6. The van der Waals surface area contributed by atoms with Gasteiger partial charge in [0.05, 0.1) is 92.5 Å². The van der Waals surface area contributed by atoms with E-state index >= 15 is 0 Å². The second-order valence-electron chi connectivity index (χ2n) is 6.91. The van der Waals surface area contributed by atoms with E-state index in [1.807, 2.05) is 0 Å². The summed E-state index contributed by atoms with van der Waals surface area (Å²) in [6.07, 6.45) is 0. The lowest BCUT2D eigenvalue weighted by Gasteiger charge is -2.08. The summed E-state index contributed by atoms with van der Waals surface area (Å²) < 4.78 is 42.3. The van der Waals surface area contributed by atoms with Crippen molar-refractivity contribution < 1.29 is 47.5 Å². The van der Waals surface area contributed by atoms with Crippen molar-refractivity contribution in [1.29, 1.82) is 0 Å². The molecule has 0 aromatic heterocycles. The Labute approximate surface area is 207 Å². The summed E-state index contributed by atoms with van der Waals surface area (Å²) in [4.78, 5) is 23.5. The third-order valence-electron chi connectivity index (χ3n) is 4.18. The predicted octanol–water partition coefficient (Wildman–Crippen LogP) is 0.487. The maximum absolute atomic E-state index is 11.8. The summed E-state index contributed by atoms with van der Waals surface area (Å²) in [6.45, 7) is 6.91. The number of Topliss-reactive ketones (excluding diaryl/α,β-unsaturated/α-hetero) is 1. The molecule has 200 valence electrons. The second kappa shape index (κ2) is 23.8. The number of carbonyl (C=O) groups is 2. The second-order valence-corrected chi connectivity index (χ2v) is 6.91. The van der Waals surface area contributed by atoms with Gasteiger partial charge in [-0.25, -0.2) is 4.79 Å². The Bertz CT molecular complexity index is 632. The first kappa shape index (κ1) is 31.1. The molecule has 35 heavy (non-hydrogen) atoms. The van der Waals surface area contributed by atoms with Crippen LogP contribution in [0, 0.1) is 0 Å². The third-order valence-corrected chi connectivity index (χ3v) is 4.18. The number of hydrogen-bond donors (Lipinski definition) is 1. The molecule has 0 heterocycles. The maximum atomic E-state index is 11.8.